The fourth-order valence-electron chi connectivity index (χ4n) is 3.14. The van der Waals surface area contributed by atoms with Gasteiger partial charge in [-0.05, 0) is 30.9 Å². The first kappa shape index (κ1) is 14.0. The van der Waals surface area contributed by atoms with Gasteiger partial charge in [0.05, 0.1) is 5.52 Å². The van der Waals surface area contributed by atoms with E-state index < -0.39 is 0 Å². The summed E-state index contributed by atoms with van der Waals surface area (Å²) in [6.45, 7) is 1.01. The van der Waals surface area contributed by atoms with Gasteiger partial charge in [0.25, 0.3) is 0 Å². The minimum absolute atomic E-state index is 0.0112. The van der Waals surface area contributed by atoms with E-state index in [0.717, 1.165) is 29.9 Å². The molecule has 1 aliphatic carbocycles. The fourth-order valence-corrected chi connectivity index (χ4v) is 3.14. The summed E-state index contributed by atoms with van der Waals surface area (Å²) in [5.74, 6) is 0.901. The SMILES string of the molecule is O=C(Cn1nnc2ccccc21)NCCCC1CCCC1. The second-order valence-corrected chi connectivity index (χ2v) is 5.88. The van der Waals surface area contributed by atoms with E-state index >= 15 is 0 Å². The van der Waals surface area contributed by atoms with E-state index in [-0.39, 0.29) is 12.5 Å². The molecule has 1 N–H and O–H groups in total. The zero-order chi connectivity index (χ0) is 14.5. The molecule has 21 heavy (non-hydrogen) atoms. The third-order valence-corrected chi connectivity index (χ3v) is 4.30. The van der Waals surface area contributed by atoms with Gasteiger partial charge in [0.1, 0.15) is 12.1 Å². The number of hydrogen-bond donors (Lipinski definition) is 1. The minimum atomic E-state index is 0.0112. The number of benzene rings is 1. The Hall–Kier alpha value is -1.91. The van der Waals surface area contributed by atoms with Crippen LogP contribution in [0, 0.1) is 5.92 Å². The highest BCUT2D eigenvalue weighted by Crippen LogP contribution is 2.28. The monoisotopic (exact) mass is 286 g/mol. The molecule has 112 valence electrons. The molecule has 0 spiro atoms. The number of aromatic nitrogens is 3. The van der Waals surface area contributed by atoms with E-state index in [9.17, 15) is 4.79 Å². The predicted molar refractivity (Wildman–Crippen MR) is 81.7 cm³/mol. The van der Waals surface area contributed by atoms with Crippen LogP contribution >= 0.6 is 0 Å². The molecule has 0 bridgehead atoms. The number of nitrogens with one attached hydrogen (secondary N) is 1. The molecule has 1 aromatic heterocycles. The number of carbonyl (C=O) groups is 1. The number of hydrogen-bond acceptors (Lipinski definition) is 3. The molecule has 0 saturated heterocycles. The van der Waals surface area contributed by atoms with Crippen LogP contribution in [-0.4, -0.2) is 27.4 Å². The normalized spacial score (nSPS) is 15.6. The summed E-state index contributed by atoms with van der Waals surface area (Å²) in [4.78, 5) is 12.0. The van der Waals surface area contributed by atoms with Crippen LogP contribution in [0.15, 0.2) is 24.3 Å². The fraction of sp³-hybridized carbons (Fsp3) is 0.562. The van der Waals surface area contributed by atoms with Crippen molar-refractivity contribution in [3.63, 3.8) is 0 Å². The lowest BCUT2D eigenvalue weighted by atomic mass is 10.0. The lowest BCUT2D eigenvalue weighted by Crippen LogP contribution is -2.29. The Morgan fingerprint density at radius 2 is 2.10 bits per heavy atom. The molecule has 5 nitrogen and oxygen atoms in total. The molecular formula is C16H22N4O. The van der Waals surface area contributed by atoms with Gasteiger partial charge < -0.3 is 5.32 Å². The molecule has 0 unspecified atom stereocenters. The van der Waals surface area contributed by atoms with Crippen LogP contribution in [0.3, 0.4) is 0 Å². The average Bonchev–Trinajstić information content (AvgIpc) is 3.14. The maximum Gasteiger partial charge on any atom is 0.241 e. The van der Waals surface area contributed by atoms with E-state index in [1.807, 2.05) is 24.3 Å². The van der Waals surface area contributed by atoms with Gasteiger partial charge in [0.2, 0.25) is 5.91 Å². The Morgan fingerprint density at radius 1 is 1.29 bits per heavy atom. The number of rotatable bonds is 6. The first-order chi connectivity index (χ1) is 10.3. The Morgan fingerprint density at radius 3 is 2.95 bits per heavy atom. The van der Waals surface area contributed by atoms with Crippen LogP contribution in [0.5, 0.6) is 0 Å². The van der Waals surface area contributed by atoms with E-state index in [4.69, 9.17) is 0 Å². The molecule has 5 heteroatoms. The van der Waals surface area contributed by atoms with Crippen molar-refractivity contribution < 1.29 is 4.79 Å². The Kier molecular flexibility index (Phi) is 4.48. The summed E-state index contributed by atoms with van der Waals surface area (Å²) in [6.07, 6.45) is 7.84. The molecule has 0 radical (unpaired) electrons. The van der Waals surface area contributed by atoms with Crippen LogP contribution in [0.2, 0.25) is 0 Å². The van der Waals surface area contributed by atoms with Crippen molar-refractivity contribution in [2.24, 2.45) is 5.92 Å². The van der Waals surface area contributed by atoms with Gasteiger partial charge in [-0.1, -0.05) is 43.0 Å². The van der Waals surface area contributed by atoms with Gasteiger partial charge in [-0.25, -0.2) is 4.68 Å². The first-order valence-electron chi connectivity index (χ1n) is 7.88. The topological polar surface area (TPSA) is 59.8 Å². The zero-order valence-electron chi connectivity index (χ0n) is 12.3. The average molecular weight is 286 g/mol. The third-order valence-electron chi connectivity index (χ3n) is 4.30. The molecule has 1 amide bonds. The highest BCUT2D eigenvalue weighted by atomic mass is 16.2. The van der Waals surface area contributed by atoms with Crippen molar-refractivity contribution in [2.75, 3.05) is 6.54 Å². The van der Waals surface area contributed by atoms with Gasteiger partial charge in [0.15, 0.2) is 0 Å². The minimum Gasteiger partial charge on any atom is -0.354 e. The standard InChI is InChI=1S/C16H22N4O/c21-16(17-11-5-8-13-6-1-2-7-13)12-20-15-10-4-3-9-14(15)18-19-20/h3-4,9-10,13H,1-2,5-8,11-12H2,(H,17,21). The molecule has 0 atom stereocenters. The maximum atomic E-state index is 12.0. The molecule has 1 aromatic carbocycles. The second-order valence-electron chi connectivity index (χ2n) is 5.88. The lowest BCUT2D eigenvalue weighted by Gasteiger charge is -2.09. The number of nitrogens with zero attached hydrogens (tertiary/aromatic N) is 3. The molecular weight excluding hydrogens is 264 g/mol. The van der Waals surface area contributed by atoms with Crippen LogP contribution in [0.4, 0.5) is 0 Å². The van der Waals surface area contributed by atoms with E-state index in [1.54, 1.807) is 4.68 Å². The molecule has 1 fully saturated rings. The van der Waals surface area contributed by atoms with Gasteiger partial charge in [-0.3, -0.25) is 4.79 Å². The van der Waals surface area contributed by atoms with Gasteiger partial charge >= 0.3 is 0 Å². The number of para-hydroxylation sites is 1. The van der Waals surface area contributed by atoms with Gasteiger partial charge in [-0.15, -0.1) is 5.10 Å². The summed E-state index contributed by atoms with van der Waals surface area (Å²) < 4.78 is 1.65. The van der Waals surface area contributed by atoms with Crippen LogP contribution in [0.1, 0.15) is 38.5 Å². The molecule has 1 heterocycles. The van der Waals surface area contributed by atoms with Crippen LogP contribution < -0.4 is 5.32 Å². The Labute approximate surface area is 124 Å². The molecule has 2 aromatic rings. The molecule has 1 saturated carbocycles. The van der Waals surface area contributed by atoms with Crippen molar-refractivity contribution in [2.45, 2.75) is 45.1 Å². The van der Waals surface area contributed by atoms with Gasteiger partial charge in [0, 0.05) is 6.54 Å². The number of amides is 1. The summed E-state index contributed by atoms with van der Waals surface area (Å²) in [6, 6.07) is 7.69. The molecule has 3 rings (SSSR count). The van der Waals surface area contributed by atoms with Crippen molar-refractivity contribution >= 4 is 16.9 Å². The van der Waals surface area contributed by atoms with E-state index in [2.05, 4.69) is 15.6 Å². The summed E-state index contributed by atoms with van der Waals surface area (Å²) in [5, 5.41) is 11.1. The third kappa shape index (κ3) is 3.60. The summed E-state index contributed by atoms with van der Waals surface area (Å²) in [5.41, 5.74) is 1.73. The zero-order valence-corrected chi connectivity index (χ0v) is 12.3. The highest BCUT2D eigenvalue weighted by Gasteiger charge is 2.14. The molecule has 0 aliphatic heterocycles. The lowest BCUT2D eigenvalue weighted by molar-refractivity contribution is -0.121. The van der Waals surface area contributed by atoms with Crippen molar-refractivity contribution in [1.29, 1.82) is 0 Å². The second kappa shape index (κ2) is 6.70. The molecule has 1 aliphatic rings. The number of fused-ring (bicyclic) bond motifs is 1. The summed E-state index contributed by atoms with van der Waals surface area (Å²) in [7, 11) is 0. The van der Waals surface area contributed by atoms with Crippen molar-refractivity contribution in [3.05, 3.63) is 24.3 Å². The van der Waals surface area contributed by atoms with Crippen LogP contribution in [0.25, 0.3) is 11.0 Å². The Bertz CT molecular complexity index is 601. The Balaban J connectivity index is 1.43. The largest absolute Gasteiger partial charge is 0.354 e. The quantitative estimate of drug-likeness (QED) is 0.830. The first-order valence-corrected chi connectivity index (χ1v) is 7.88. The summed E-state index contributed by atoms with van der Waals surface area (Å²) >= 11 is 0. The van der Waals surface area contributed by atoms with E-state index in [1.165, 1.54) is 32.1 Å². The van der Waals surface area contributed by atoms with E-state index in [0.29, 0.717) is 0 Å². The van der Waals surface area contributed by atoms with Crippen LogP contribution in [-0.2, 0) is 11.3 Å². The van der Waals surface area contributed by atoms with Crippen molar-refractivity contribution in [3.8, 4) is 0 Å². The van der Waals surface area contributed by atoms with Crippen molar-refractivity contribution in [1.82, 2.24) is 20.3 Å². The predicted octanol–water partition coefficient (Wildman–Crippen LogP) is 2.52. The number of carbonyl (C=O) groups excluding carboxylic acids is 1. The van der Waals surface area contributed by atoms with Gasteiger partial charge in [-0.2, -0.15) is 0 Å². The highest BCUT2D eigenvalue weighted by molar-refractivity contribution is 5.79. The maximum absolute atomic E-state index is 12.0. The smallest absolute Gasteiger partial charge is 0.241 e.